The number of pyridine rings is 1. The van der Waals surface area contributed by atoms with Crippen molar-refractivity contribution in [3.63, 3.8) is 0 Å². The number of hydrogen-bond acceptors (Lipinski definition) is 1. The van der Waals surface area contributed by atoms with E-state index in [9.17, 15) is 4.39 Å². The average Bonchev–Trinajstić information content (AvgIpc) is 1.80. The highest BCUT2D eigenvalue weighted by Crippen LogP contribution is 2.03. The summed E-state index contributed by atoms with van der Waals surface area (Å²) in [5.41, 5.74) is 0. The number of aromatic amines is 1. The lowest BCUT2D eigenvalue weighted by Crippen LogP contribution is -1.81. The van der Waals surface area contributed by atoms with E-state index in [1.807, 2.05) is 22.6 Å². The Hall–Kier alpha value is 0.0300. The van der Waals surface area contributed by atoms with Crippen LogP contribution in [0.25, 0.3) is 0 Å². The highest BCUT2D eigenvalue weighted by Gasteiger charge is 1.91. The Morgan fingerprint density at radius 3 is 2.78 bits per heavy atom. The summed E-state index contributed by atoms with van der Waals surface area (Å²) in [7, 11) is 0. The second-order valence-corrected chi connectivity index (χ2v) is 3.10. The van der Waals surface area contributed by atoms with Gasteiger partial charge in [0, 0.05) is 6.20 Å². The Kier molecular flexibility index (Phi) is 2.18. The van der Waals surface area contributed by atoms with E-state index in [1.54, 1.807) is 6.07 Å². The van der Waals surface area contributed by atoms with Crippen LogP contribution in [-0.4, -0.2) is 4.98 Å². The van der Waals surface area contributed by atoms with Crippen LogP contribution >= 0.6 is 34.8 Å². The Morgan fingerprint density at radius 2 is 2.33 bits per heavy atom. The van der Waals surface area contributed by atoms with Crippen molar-refractivity contribution in [2.24, 2.45) is 0 Å². The summed E-state index contributed by atoms with van der Waals surface area (Å²) < 4.78 is 13.5. The number of aromatic nitrogens is 1. The molecule has 0 spiro atoms. The number of halogens is 2. The summed E-state index contributed by atoms with van der Waals surface area (Å²) in [5.74, 6) is -0.370. The molecule has 0 amide bonds. The van der Waals surface area contributed by atoms with Crippen LogP contribution in [-0.2, 0) is 0 Å². The first kappa shape index (κ1) is 7.14. The number of nitrogens with one attached hydrogen (secondary N) is 1. The Labute approximate surface area is 70.4 Å². The molecule has 0 atom stereocenters. The average molecular weight is 255 g/mol. The molecule has 0 radical (unpaired) electrons. The normalized spacial score (nSPS) is 9.56. The molecule has 0 aliphatic rings. The maximum absolute atomic E-state index is 12.4. The molecule has 0 aromatic carbocycles. The standard InChI is InChI=1S/C5H3FINS/c6-3-2-8-5(7)1-4(3)9/h1-2H,(H,8,9). The van der Waals surface area contributed by atoms with E-state index in [4.69, 9.17) is 0 Å². The predicted molar refractivity (Wildman–Crippen MR) is 44.3 cm³/mol. The molecule has 48 valence electrons. The van der Waals surface area contributed by atoms with Crippen LogP contribution in [0.1, 0.15) is 0 Å². The molecule has 0 aliphatic heterocycles. The van der Waals surface area contributed by atoms with Crippen molar-refractivity contribution in [3.8, 4) is 0 Å². The largest absolute Gasteiger partial charge is 0.354 e. The Balaban J connectivity index is 3.34. The lowest BCUT2D eigenvalue weighted by molar-refractivity contribution is 0.616. The van der Waals surface area contributed by atoms with Gasteiger partial charge in [-0.3, -0.25) is 0 Å². The monoisotopic (exact) mass is 255 g/mol. The molecule has 1 rings (SSSR count). The third-order valence-corrected chi connectivity index (χ3v) is 1.77. The maximum atomic E-state index is 12.4. The van der Waals surface area contributed by atoms with Crippen molar-refractivity contribution in [3.05, 3.63) is 26.3 Å². The maximum Gasteiger partial charge on any atom is 0.157 e. The first-order valence-corrected chi connectivity index (χ1v) is 3.72. The van der Waals surface area contributed by atoms with Gasteiger partial charge < -0.3 is 4.98 Å². The zero-order valence-electron chi connectivity index (χ0n) is 4.32. The van der Waals surface area contributed by atoms with Crippen LogP contribution in [0.2, 0.25) is 0 Å². The summed E-state index contributed by atoms with van der Waals surface area (Å²) in [6.45, 7) is 0. The molecule has 1 nitrogen and oxygen atoms in total. The van der Waals surface area contributed by atoms with E-state index >= 15 is 0 Å². The van der Waals surface area contributed by atoms with Gasteiger partial charge in [0.05, 0.1) is 8.21 Å². The highest BCUT2D eigenvalue weighted by atomic mass is 127. The summed E-state index contributed by atoms with van der Waals surface area (Å²) in [4.78, 5) is 2.69. The summed E-state index contributed by atoms with van der Waals surface area (Å²) in [6.07, 6.45) is 1.25. The topological polar surface area (TPSA) is 15.8 Å². The molecule has 0 saturated carbocycles. The van der Waals surface area contributed by atoms with Gasteiger partial charge in [-0.1, -0.05) is 12.2 Å². The smallest absolute Gasteiger partial charge is 0.157 e. The van der Waals surface area contributed by atoms with Gasteiger partial charge in [-0.25, -0.2) is 4.39 Å². The fraction of sp³-hybridized carbons (Fsp3) is 0. The second kappa shape index (κ2) is 2.74. The minimum absolute atomic E-state index is 0.262. The van der Waals surface area contributed by atoms with Crippen molar-refractivity contribution < 1.29 is 4.39 Å². The van der Waals surface area contributed by atoms with E-state index in [0.717, 1.165) is 3.70 Å². The SMILES string of the molecule is Fc1c[nH]c(I)cc1=S. The van der Waals surface area contributed by atoms with Gasteiger partial charge in [-0.15, -0.1) is 0 Å². The molecule has 0 unspecified atom stereocenters. The lowest BCUT2D eigenvalue weighted by atomic mass is 10.5. The molecule has 0 bridgehead atoms. The van der Waals surface area contributed by atoms with Gasteiger partial charge in [0.1, 0.15) is 0 Å². The summed E-state index contributed by atoms with van der Waals surface area (Å²) in [5, 5.41) is 0. The number of hydrogen-bond donors (Lipinski definition) is 1. The molecular weight excluding hydrogens is 252 g/mol. The molecule has 4 heteroatoms. The van der Waals surface area contributed by atoms with Crippen LogP contribution in [0, 0.1) is 14.0 Å². The van der Waals surface area contributed by atoms with Crippen molar-refractivity contribution in [2.45, 2.75) is 0 Å². The van der Waals surface area contributed by atoms with Crippen molar-refractivity contribution >= 4 is 34.8 Å². The van der Waals surface area contributed by atoms with E-state index in [2.05, 4.69) is 17.2 Å². The molecule has 1 aromatic heterocycles. The number of H-pyrrole nitrogens is 1. The third kappa shape index (κ3) is 1.72. The molecule has 1 heterocycles. The van der Waals surface area contributed by atoms with Gasteiger partial charge in [-0.05, 0) is 28.7 Å². The molecule has 0 fully saturated rings. The second-order valence-electron chi connectivity index (χ2n) is 1.49. The third-order valence-electron chi connectivity index (χ3n) is 0.830. The van der Waals surface area contributed by atoms with E-state index in [-0.39, 0.29) is 10.3 Å². The van der Waals surface area contributed by atoms with Crippen LogP contribution in [0.5, 0.6) is 0 Å². The predicted octanol–water partition coefficient (Wildman–Crippen LogP) is 2.49. The van der Waals surface area contributed by atoms with Crippen molar-refractivity contribution in [1.82, 2.24) is 4.98 Å². The molecule has 1 N–H and O–H groups in total. The van der Waals surface area contributed by atoms with E-state index in [1.165, 1.54) is 6.20 Å². The summed E-state index contributed by atoms with van der Waals surface area (Å²) >= 11 is 6.67. The fourth-order valence-electron chi connectivity index (χ4n) is 0.429. The molecule has 1 aromatic rings. The fourth-order valence-corrected chi connectivity index (χ4v) is 1.28. The van der Waals surface area contributed by atoms with Gasteiger partial charge in [0.15, 0.2) is 5.82 Å². The van der Waals surface area contributed by atoms with Gasteiger partial charge in [0.25, 0.3) is 0 Å². The van der Waals surface area contributed by atoms with Gasteiger partial charge in [0.2, 0.25) is 0 Å². The summed E-state index contributed by atoms with van der Waals surface area (Å²) in [6, 6.07) is 1.57. The van der Waals surface area contributed by atoms with Crippen molar-refractivity contribution in [1.29, 1.82) is 0 Å². The first-order valence-electron chi connectivity index (χ1n) is 2.24. The van der Waals surface area contributed by atoms with Gasteiger partial charge >= 0.3 is 0 Å². The molecular formula is C5H3FINS. The van der Waals surface area contributed by atoms with Crippen LogP contribution in [0.15, 0.2) is 12.3 Å². The highest BCUT2D eigenvalue weighted by molar-refractivity contribution is 14.1. The van der Waals surface area contributed by atoms with Crippen LogP contribution in [0.4, 0.5) is 4.39 Å². The van der Waals surface area contributed by atoms with E-state index < -0.39 is 0 Å². The molecule has 9 heavy (non-hydrogen) atoms. The Morgan fingerprint density at radius 1 is 1.67 bits per heavy atom. The minimum atomic E-state index is -0.370. The zero-order chi connectivity index (χ0) is 6.85. The number of rotatable bonds is 0. The quantitative estimate of drug-likeness (QED) is 0.428. The van der Waals surface area contributed by atoms with Crippen molar-refractivity contribution in [2.75, 3.05) is 0 Å². The zero-order valence-corrected chi connectivity index (χ0v) is 7.29. The van der Waals surface area contributed by atoms with E-state index in [0.29, 0.717) is 0 Å². The lowest BCUT2D eigenvalue weighted by Gasteiger charge is -1.89. The Bertz CT molecular complexity index is 270. The van der Waals surface area contributed by atoms with Gasteiger partial charge in [-0.2, -0.15) is 0 Å². The molecule has 0 saturated heterocycles. The van der Waals surface area contributed by atoms with Crippen LogP contribution < -0.4 is 0 Å². The van der Waals surface area contributed by atoms with Crippen LogP contribution in [0.3, 0.4) is 0 Å². The molecule has 0 aliphatic carbocycles. The minimum Gasteiger partial charge on any atom is -0.354 e. The first-order chi connectivity index (χ1) is 4.20.